The van der Waals surface area contributed by atoms with Crippen molar-refractivity contribution in [2.45, 2.75) is 33.0 Å². The number of hydrogen-bond donors (Lipinski definition) is 2. The van der Waals surface area contributed by atoms with E-state index >= 15 is 0 Å². The van der Waals surface area contributed by atoms with Gasteiger partial charge in [0, 0.05) is 5.69 Å². The molecule has 2 rings (SSSR count). The second-order valence-electron chi connectivity index (χ2n) is 5.93. The highest BCUT2D eigenvalue weighted by molar-refractivity contribution is 6.00. The molecule has 1 aromatic carbocycles. The number of carbonyl (C=O) groups is 2. The molecule has 8 heteroatoms. The highest BCUT2D eigenvalue weighted by Crippen LogP contribution is 2.30. The summed E-state index contributed by atoms with van der Waals surface area (Å²) in [6, 6.07) is 4.11. The lowest BCUT2D eigenvalue weighted by Crippen LogP contribution is -2.27. The number of rotatable bonds is 4. The van der Waals surface area contributed by atoms with Crippen LogP contribution in [-0.4, -0.2) is 24.0 Å². The molecule has 0 saturated carbocycles. The third-order valence-electron chi connectivity index (χ3n) is 4.12. The minimum absolute atomic E-state index is 0.168. The number of nitrogens with one attached hydrogen (secondary N) is 2. The van der Waals surface area contributed by atoms with Crippen LogP contribution in [0.25, 0.3) is 0 Å². The third kappa shape index (κ3) is 3.89. The van der Waals surface area contributed by atoms with Crippen LogP contribution in [0.2, 0.25) is 0 Å². The number of hydrogen-bond acceptors (Lipinski definition) is 3. The molecule has 1 heterocycles. The van der Waals surface area contributed by atoms with Crippen LogP contribution in [0.15, 0.2) is 24.3 Å². The van der Waals surface area contributed by atoms with E-state index in [-0.39, 0.29) is 11.3 Å². The Morgan fingerprint density at radius 3 is 2.46 bits per heavy atom. The number of halogens is 3. The van der Waals surface area contributed by atoms with Crippen molar-refractivity contribution in [3.63, 3.8) is 0 Å². The number of H-pyrrole nitrogens is 1. The summed E-state index contributed by atoms with van der Waals surface area (Å²) >= 11 is 0. The number of aryl methyl sites for hydroxylation is 1. The van der Waals surface area contributed by atoms with E-state index in [2.05, 4.69) is 15.0 Å². The van der Waals surface area contributed by atoms with E-state index < -0.39 is 29.7 Å². The fraction of sp³-hybridized carbons (Fsp3) is 0.333. The van der Waals surface area contributed by atoms with Crippen LogP contribution in [0.5, 0.6) is 0 Å². The van der Waals surface area contributed by atoms with E-state index in [0.717, 1.165) is 12.1 Å². The van der Waals surface area contributed by atoms with Gasteiger partial charge in [-0.05, 0) is 44.0 Å². The van der Waals surface area contributed by atoms with Gasteiger partial charge in [-0.3, -0.25) is 4.79 Å². The Hall–Kier alpha value is -2.77. The molecule has 2 aromatic rings. The van der Waals surface area contributed by atoms with Gasteiger partial charge in [-0.15, -0.1) is 0 Å². The number of methoxy groups -OCH3 is 1. The predicted octanol–water partition coefficient (Wildman–Crippen LogP) is 3.93. The van der Waals surface area contributed by atoms with Crippen LogP contribution in [0.4, 0.5) is 13.2 Å². The zero-order chi connectivity index (χ0) is 19.6. The molecular formula is C18H19F3N2O3. The number of benzene rings is 1. The van der Waals surface area contributed by atoms with Gasteiger partial charge >= 0.3 is 12.1 Å². The van der Waals surface area contributed by atoms with Crippen molar-refractivity contribution in [1.29, 1.82) is 0 Å². The lowest BCUT2D eigenvalue weighted by atomic mass is 10.0. The van der Waals surface area contributed by atoms with Gasteiger partial charge in [0.25, 0.3) is 5.91 Å². The van der Waals surface area contributed by atoms with Crippen molar-refractivity contribution in [2.24, 2.45) is 0 Å². The van der Waals surface area contributed by atoms with Gasteiger partial charge < -0.3 is 15.0 Å². The first kappa shape index (κ1) is 19.6. The highest BCUT2D eigenvalue weighted by atomic mass is 19.4. The second kappa shape index (κ2) is 7.23. The minimum atomic E-state index is -4.46. The molecule has 5 nitrogen and oxygen atoms in total. The molecule has 140 valence electrons. The number of aromatic nitrogens is 1. The van der Waals surface area contributed by atoms with Crippen LogP contribution in [0.3, 0.4) is 0 Å². The van der Waals surface area contributed by atoms with Crippen LogP contribution in [0, 0.1) is 13.8 Å². The molecule has 1 atom stereocenters. The van der Waals surface area contributed by atoms with Crippen molar-refractivity contribution in [3.8, 4) is 0 Å². The fourth-order valence-corrected chi connectivity index (χ4v) is 2.72. The topological polar surface area (TPSA) is 71.2 Å². The Balaban J connectivity index is 2.24. The molecule has 0 saturated heterocycles. The SMILES string of the molecule is COC(=O)c1c(C)[nH]c(C(=O)NC(C)c2cccc(C(F)(F)F)c2)c1C. The largest absolute Gasteiger partial charge is 0.465 e. The molecule has 0 radical (unpaired) electrons. The molecule has 1 aromatic heterocycles. The number of carbonyl (C=O) groups excluding carboxylic acids is 2. The summed E-state index contributed by atoms with van der Waals surface area (Å²) in [5.41, 5.74) is 0.874. The van der Waals surface area contributed by atoms with Gasteiger partial charge in [-0.2, -0.15) is 13.2 Å². The summed E-state index contributed by atoms with van der Waals surface area (Å²) < 4.78 is 43.2. The second-order valence-corrected chi connectivity index (χ2v) is 5.93. The van der Waals surface area contributed by atoms with Gasteiger partial charge in [0.2, 0.25) is 0 Å². The number of alkyl halides is 3. The molecule has 1 unspecified atom stereocenters. The van der Waals surface area contributed by atoms with Crippen LogP contribution in [-0.2, 0) is 10.9 Å². The van der Waals surface area contributed by atoms with Crippen LogP contribution in [0.1, 0.15) is 56.2 Å². The molecule has 2 N–H and O–H groups in total. The Morgan fingerprint density at radius 2 is 1.88 bits per heavy atom. The van der Waals surface area contributed by atoms with E-state index in [1.165, 1.54) is 19.2 Å². The lowest BCUT2D eigenvalue weighted by molar-refractivity contribution is -0.137. The molecule has 26 heavy (non-hydrogen) atoms. The molecule has 0 spiro atoms. The lowest BCUT2D eigenvalue weighted by Gasteiger charge is -2.16. The van der Waals surface area contributed by atoms with Crippen molar-refractivity contribution >= 4 is 11.9 Å². The summed E-state index contributed by atoms with van der Waals surface area (Å²) in [5.74, 6) is -1.09. The van der Waals surface area contributed by atoms with Gasteiger partial charge in [0.05, 0.1) is 24.3 Å². The van der Waals surface area contributed by atoms with E-state index in [9.17, 15) is 22.8 Å². The van der Waals surface area contributed by atoms with Gasteiger partial charge in [-0.25, -0.2) is 4.79 Å². The summed E-state index contributed by atoms with van der Waals surface area (Å²) in [7, 11) is 1.24. The molecule has 1 amide bonds. The predicted molar refractivity (Wildman–Crippen MR) is 88.9 cm³/mol. The average molecular weight is 368 g/mol. The van der Waals surface area contributed by atoms with Gasteiger partial charge in [-0.1, -0.05) is 12.1 Å². The molecule has 0 aliphatic carbocycles. The summed E-state index contributed by atoms with van der Waals surface area (Å²) in [5, 5.41) is 2.64. The standard InChI is InChI=1S/C18H19F3N2O3/c1-9-14(17(25)26-4)11(3)22-15(9)16(24)23-10(2)12-6-5-7-13(8-12)18(19,20)21/h5-8,10,22H,1-4H3,(H,23,24). The Labute approximate surface area is 148 Å². The Morgan fingerprint density at radius 1 is 1.23 bits per heavy atom. The maximum absolute atomic E-state index is 12.8. The first-order chi connectivity index (χ1) is 12.1. The number of esters is 1. The van der Waals surface area contributed by atoms with Crippen LogP contribution >= 0.6 is 0 Å². The molecule has 0 aliphatic heterocycles. The first-order valence-corrected chi connectivity index (χ1v) is 7.81. The van der Waals surface area contributed by atoms with E-state index in [0.29, 0.717) is 16.8 Å². The quantitative estimate of drug-likeness (QED) is 0.804. The number of ether oxygens (including phenoxy) is 1. The zero-order valence-electron chi connectivity index (χ0n) is 14.7. The molecule has 0 aliphatic rings. The van der Waals surface area contributed by atoms with E-state index in [4.69, 9.17) is 0 Å². The smallest absolute Gasteiger partial charge is 0.416 e. The maximum atomic E-state index is 12.8. The Kier molecular flexibility index (Phi) is 5.44. The zero-order valence-corrected chi connectivity index (χ0v) is 14.7. The van der Waals surface area contributed by atoms with Crippen molar-refractivity contribution in [1.82, 2.24) is 10.3 Å². The fourth-order valence-electron chi connectivity index (χ4n) is 2.72. The summed E-state index contributed by atoms with van der Waals surface area (Å²) in [6.07, 6.45) is -4.46. The monoisotopic (exact) mass is 368 g/mol. The number of amides is 1. The Bertz CT molecular complexity index is 841. The molecule has 0 fully saturated rings. The van der Waals surface area contributed by atoms with Gasteiger partial charge in [0.1, 0.15) is 5.69 Å². The maximum Gasteiger partial charge on any atom is 0.416 e. The third-order valence-corrected chi connectivity index (χ3v) is 4.12. The molecular weight excluding hydrogens is 349 g/mol. The molecule has 0 bridgehead atoms. The summed E-state index contributed by atoms with van der Waals surface area (Å²) in [4.78, 5) is 27.1. The van der Waals surface area contributed by atoms with Crippen molar-refractivity contribution in [2.75, 3.05) is 7.11 Å². The normalized spacial score (nSPS) is 12.6. The van der Waals surface area contributed by atoms with Gasteiger partial charge in [0.15, 0.2) is 0 Å². The first-order valence-electron chi connectivity index (χ1n) is 7.81. The summed E-state index contributed by atoms with van der Waals surface area (Å²) in [6.45, 7) is 4.81. The van der Waals surface area contributed by atoms with Crippen molar-refractivity contribution < 1.29 is 27.5 Å². The van der Waals surface area contributed by atoms with E-state index in [1.807, 2.05) is 0 Å². The average Bonchev–Trinajstić information content (AvgIpc) is 2.88. The van der Waals surface area contributed by atoms with E-state index in [1.54, 1.807) is 20.8 Å². The van der Waals surface area contributed by atoms with Crippen molar-refractivity contribution in [3.05, 3.63) is 57.9 Å². The number of aromatic amines is 1. The minimum Gasteiger partial charge on any atom is -0.465 e. The van der Waals surface area contributed by atoms with Crippen LogP contribution < -0.4 is 5.32 Å². The highest BCUT2D eigenvalue weighted by Gasteiger charge is 2.31.